The molecule has 1 aromatic heterocycles. The smallest absolute Gasteiger partial charge is 0.275 e. The topological polar surface area (TPSA) is 22.1 Å². The standard InChI is InChI=1S/C10H6FNOS/c1-2-5-13-10-12-8-4-3-7(11)6-9(8)14-10/h1,3-4,6H,5H2. The largest absolute Gasteiger partial charge is 0.457 e. The quantitative estimate of drug-likeness (QED) is 0.706. The van der Waals surface area contributed by atoms with Gasteiger partial charge >= 0.3 is 0 Å². The van der Waals surface area contributed by atoms with Gasteiger partial charge in [0.1, 0.15) is 5.82 Å². The van der Waals surface area contributed by atoms with Gasteiger partial charge in [0.15, 0.2) is 6.61 Å². The van der Waals surface area contributed by atoms with Crippen LogP contribution in [-0.4, -0.2) is 11.6 Å². The third-order valence-electron chi connectivity index (χ3n) is 1.61. The van der Waals surface area contributed by atoms with E-state index in [4.69, 9.17) is 11.2 Å². The number of fused-ring (bicyclic) bond motifs is 1. The van der Waals surface area contributed by atoms with E-state index >= 15 is 0 Å². The molecule has 2 aromatic rings. The molecule has 2 nitrogen and oxygen atoms in total. The van der Waals surface area contributed by atoms with Gasteiger partial charge < -0.3 is 4.74 Å². The maximum atomic E-state index is 12.8. The van der Waals surface area contributed by atoms with Crippen molar-refractivity contribution in [3.8, 4) is 17.5 Å². The lowest BCUT2D eigenvalue weighted by atomic mass is 10.3. The average molecular weight is 207 g/mol. The molecular weight excluding hydrogens is 201 g/mol. The summed E-state index contributed by atoms with van der Waals surface area (Å²) in [4.78, 5) is 4.13. The van der Waals surface area contributed by atoms with E-state index in [2.05, 4.69) is 10.9 Å². The van der Waals surface area contributed by atoms with Crippen molar-refractivity contribution in [1.29, 1.82) is 0 Å². The van der Waals surface area contributed by atoms with E-state index in [-0.39, 0.29) is 12.4 Å². The molecule has 0 saturated heterocycles. The number of rotatable bonds is 2. The molecule has 0 unspecified atom stereocenters. The van der Waals surface area contributed by atoms with Crippen molar-refractivity contribution in [2.45, 2.75) is 0 Å². The normalized spacial score (nSPS) is 10.0. The summed E-state index contributed by atoms with van der Waals surface area (Å²) in [6, 6.07) is 4.41. The van der Waals surface area contributed by atoms with Crippen molar-refractivity contribution < 1.29 is 9.13 Å². The highest BCUT2D eigenvalue weighted by Gasteiger charge is 2.04. The van der Waals surface area contributed by atoms with E-state index in [1.54, 1.807) is 6.07 Å². The molecule has 14 heavy (non-hydrogen) atoms. The SMILES string of the molecule is C#CCOc1nc2ccc(F)cc2s1. The third kappa shape index (κ3) is 1.68. The second-order valence-electron chi connectivity index (χ2n) is 2.58. The number of ether oxygens (including phenoxy) is 1. The van der Waals surface area contributed by atoms with Crippen LogP contribution in [0, 0.1) is 18.2 Å². The molecule has 0 aliphatic rings. The molecule has 70 valence electrons. The fourth-order valence-corrected chi connectivity index (χ4v) is 1.88. The highest BCUT2D eigenvalue weighted by atomic mass is 32.1. The molecule has 1 aromatic carbocycles. The molecule has 1 heterocycles. The molecule has 4 heteroatoms. The van der Waals surface area contributed by atoms with E-state index in [1.165, 1.54) is 23.5 Å². The second kappa shape index (κ2) is 3.64. The van der Waals surface area contributed by atoms with Gasteiger partial charge in [-0.15, -0.1) is 6.42 Å². The highest BCUT2D eigenvalue weighted by molar-refractivity contribution is 7.20. The molecule has 0 aliphatic carbocycles. The van der Waals surface area contributed by atoms with Crippen LogP contribution in [-0.2, 0) is 0 Å². The van der Waals surface area contributed by atoms with Gasteiger partial charge in [-0.05, 0) is 18.2 Å². The van der Waals surface area contributed by atoms with Crippen LogP contribution in [0.25, 0.3) is 10.2 Å². The summed E-state index contributed by atoms with van der Waals surface area (Å²) in [6.07, 6.45) is 5.04. The number of hydrogen-bond donors (Lipinski definition) is 0. The van der Waals surface area contributed by atoms with Crippen molar-refractivity contribution in [3.63, 3.8) is 0 Å². The Bertz CT molecular complexity index is 500. The Morgan fingerprint density at radius 2 is 2.43 bits per heavy atom. The Labute approximate surface area is 84.3 Å². The van der Waals surface area contributed by atoms with Gasteiger partial charge in [-0.3, -0.25) is 0 Å². The number of aromatic nitrogens is 1. The molecule has 0 saturated carbocycles. The Hall–Kier alpha value is -1.60. The van der Waals surface area contributed by atoms with Crippen molar-refractivity contribution in [3.05, 3.63) is 24.0 Å². The van der Waals surface area contributed by atoms with Crippen molar-refractivity contribution in [2.24, 2.45) is 0 Å². The first-order valence-electron chi connectivity index (χ1n) is 3.92. The first kappa shape index (κ1) is 8.97. The number of benzene rings is 1. The van der Waals surface area contributed by atoms with Crippen LogP contribution in [0.5, 0.6) is 5.19 Å². The van der Waals surface area contributed by atoms with Gasteiger partial charge in [0.25, 0.3) is 5.19 Å². The van der Waals surface area contributed by atoms with Gasteiger partial charge in [-0.25, -0.2) is 9.37 Å². The summed E-state index contributed by atoms with van der Waals surface area (Å²) in [5.41, 5.74) is 0.725. The zero-order chi connectivity index (χ0) is 9.97. The van der Waals surface area contributed by atoms with Crippen LogP contribution >= 0.6 is 11.3 Å². The Morgan fingerprint density at radius 3 is 3.21 bits per heavy atom. The Balaban J connectivity index is 2.37. The van der Waals surface area contributed by atoms with E-state index in [9.17, 15) is 4.39 Å². The second-order valence-corrected chi connectivity index (χ2v) is 3.58. The number of terminal acetylenes is 1. The predicted molar refractivity (Wildman–Crippen MR) is 53.9 cm³/mol. The molecule has 0 fully saturated rings. The van der Waals surface area contributed by atoms with Gasteiger partial charge in [0.05, 0.1) is 10.2 Å². The first-order valence-corrected chi connectivity index (χ1v) is 4.73. The van der Waals surface area contributed by atoms with Crippen LogP contribution in [0.15, 0.2) is 18.2 Å². The molecular formula is C10H6FNOS. The molecule has 0 aliphatic heterocycles. The minimum absolute atomic E-state index is 0.183. The fraction of sp³-hybridized carbons (Fsp3) is 0.100. The molecule has 0 amide bonds. The Kier molecular flexibility index (Phi) is 2.33. The summed E-state index contributed by atoms with van der Waals surface area (Å²) in [6.45, 7) is 0.183. The van der Waals surface area contributed by atoms with E-state index in [0.717, 1.165) is 10.2 Å². The van der Waals surface area contributed by atoms with Crippen LogP contribution in [0.2, 0.25) is 0 Å². The maximum absolute atomic E-state index is 12.8. The summed E-state index contributed by atoms with van der Waals surface area (Å²) in [5.74, 6) is 2.07. The zero-order valence-corrected chi connectivity index (χ0v) is 7.97. The average Bonchev–Trinajstić information content (AvgIpc) is 2.56. The first-order chi connectivity index (χ1) is 6.79. The minimum Gasteiger partial charge on any atom is -0.457 e. The van der Waals surface area contributed by atoms with Gasteiger partial charge in [-0.1, -0.05) is 17.3 Å². The fourth-order valence-electron chi connectivity index (χ4n) is 1.04. The van der Waals surface area contributed by atoms with Crippen molar-refractivity contribution in [2.75, 3.05) is 6.61 Å². The van der Waals surface area contributed by atoms with Gasteiger partial charge in [0.2, 0.25) is 0 Å². The zero-order valence-electron chi connectivity index (χ0n) is 7.16. The minimum atomic E-state index is -0.273. The lowest BCUT2D eigenvalue weighted by molar-refractivity contribution is 0.369. The molecule has 0 spiro atoms. The number of hydrogen-bond acceptors (Lipinski definition) is 3. The van der Waals surface area contributed by atoms with Crippen molar-refractivity contribution >= 4 is 21.6 Å². The third-order valence-corrected chi connectivity index (χ3v) is 2.54. The number of halogens is 1. The maximum Gasteiger partial charge on any atom is 0.275 e. The monoisotopic (exact) mass is 207 g/mol. The van der Waals surface area contributed by atoms with Gasteiger partial charge in [-0.2, -0.15) is 0 Å². The van der Waals surface area contributed by atoms with Crippen LogP contribution in [0.1, 0.15) is 0 Å². The summed E-state index contributed by atoms with van der Waals surface area (Å²) in [5, 5.41) is 0.476. The molecule has 0 N–H and O–H groups in total. The summed E-state index contributed by atoms with van der Waals surface area (Å²) in [7, 11) is 0. The summed E-state index contributed by atoms with van der Waals surface area (Å²) < 4.78 is 18.7. The molecule has 0 radical (unpaired) electrons. The predicted octanol–water partition coefficient (Wildman–Crippen LogP) is 2.45. The summed E-state index contributed by atoms with van der Waals surface area (Å²) >= 11 is 1.28. The van der Waals surface area contributed by atoms with Gasteiger partial charge in [0, 0.05) is 0 Å². The van der Waals surface area contributed by atoms with Crippen molar-refractivity contribution in [1.82, 2.24) is 4.98 Å². The highest BCUT2D eigenvalue weighted by Crippen LogP contribution is 2.27. The Morgan fingerprint density at radius 1 is 1.57 bits per heavy atom. The molecule has 2 rings (SSSR count). The van der Waals surface area contributed by atoms with E-state index < -0.39 is 0 Å². The lowest BCUT2D eigenvalue weighted by Crippen LogP contribution is -1.91. The molecule has 0 atom stereocenters. The van der Waals surface area contributed by atoms with E-state index in [1.807, 2.05) is 0 Å². The van der Waals surface area contributed by atoms with E-state index in [0.29, 0.717) is 5.19 Å². The van der Waals surface area contributed by atoms with Crippen LogP contribution in [0.3, 0.4) is 0 Å². The van der Waals surface area contributed by atoms with Crippen LogP contribution < -0.4 is 4.74 Å². The number of nitrogens with zero attached hydrogens (tertiary/aromatic N) is 1. The number of thiazole rings is 1. The van der Waals surface area contributed by atoms with Crippen LogP contribution in [0.4, 0.5) is 4.39 Å². The molecule has 0 bridgehead atoms. The lowest BCUT2D eigenvalue weighted by Gasteiger charge is -1.91.